The maximum Gasteiger partial charge on any atom is 0.119 e. The number of nitrogens with zero attached hydrogens (tertiary/aromatic N) is 1. The molecular formula is C13H22N2O. The van der Waals surface area contributed by atoms with Gasteiger partial charge in [-0.15, -0.1) is 0 Å². The van der Waals surface area contributed by atoms with Crippen LogP contribution >= 0.6 is 0 Å². The first-order chi connectivity index (χ1) is 7.72. The van der Waals surface area contributed by atoms with Gasteiger partial charge in [0.1, 0.15) is 5.75 Å². The first-order valence-corrected chi connectivity index (χ1v) is 5.81. The van der Waals surface area contributed by atoms with E-state index in [9.17, 15) is 0 Å². The van der Waals surface area contributed by atoms with Gasteiger partial charge in [0, 0.05) is 19.1 Å². The maximum atomic E-state index is 5.61. The number of likely N-dealkylation sites (N-methyl/N-ethyl adjacent to an activating group) is 1. The Labute approximate surface area is 98.2 Å². The molecule has 0 radical (unpaired) electrons. The van der Waals surface area contributed by atoms with E-state index in [2.05, 4.69) is 30.9 Å². The second-order valence-corrected chi connectivity index (χ2v) is 3.87. The topological polar surface area (TPSA) is 38.5 Å². The molecule has 0 saturated heterocycles. The normalized spacial score (nSPS) is 12.8. The first kappa shape index (κ1) is 13.0. The lowest BCUT2D eigenvalue weighted by Gasteiger charge is -2.27. The Balaban J connectivity index is 2.80. The van der Waals surface area contributed by atoms with Crippen molar-refractivity contribution in [3.63, 3.8) is 0 Å². The van der Waals surface area contributed by atoms with Gasteiger partial charge in [-0.25, -0.2) is 0 Å². The van der Waals surface area contributed by atoms with Gasteiger partial charge >= 0.3 is 0 Å². The summed E-state index contributed by atoms with van der Waals surface area (Å²) >= 11 is 0. The van der Waals surface area contributed by atoms with Gasteiger partial charge in [0.05, 0.1) is 7.11 Å². The van der Waals surface area contributed by atoms with Crippen LogP contribution in [-0.4, -0.2) is 31.6 Å². The number of hydrogen-bond donors (Lipinski definition) is 1. The van der Waals surface area contributed by atoms with Crippen LogP contribution in [0.25, 0.3) is 0 Å². The standard InChI is InChI=1S/C13H22N2O/c1-4-15(9-8-14)11(2)12-6-5-7-13(10-12)16-3/h5-7,10-11H,4,8-9,14H2,1-3H3/t11-/m0/s1. The zero-order valence-electron chi connectivity index (χ0n) is 10.4. The molecule has 0 fully saturated rings. The molecule has 0 amide bonds. The largest absolute Gasteiger partial charge is 0.497 e. The van der Waals surface area contributed by atoms with Crippen molar-refractivity contribution in [1.82, 2.24) is 4.90 Å². The molecule has 3 nitrogen and oxygen atoms in total. The predicted molar refractivity (Wildman–Crippen MR) is 67.7 cm³/mol. The van der Waals surface area contributed by atoms with E-state index in [1.807, 2.05) is 12.1 Å². The summed E-state index contributed by atoms with van der Waals surface area (Å²) in [7, 11) is 1.70. The number of nitrogens with two attached hydrogens (primary N) is 1. The van der Waals surface area contributed by atoms with Gasteiger partial charge < -0.3 is 10.5 Å². The van der Waals surface area contributed by atoms with Crippen LogP contribution in [0, 0.1) is 0 Å². The van der Waals surface area contributed by atoms with Crippen molar-refractivity contribution < 1.29 is 4.74 Å². The summed E-state index contributed by atoms with van der Waals surface area (Å²) in [5.41, 5.74) is 6.88. The fourth-order valence-corrected chi connectivity index (χ4v) is 1.90. The molecule has 0 aliphatic heterocycles. The SMILES string of the molecule is CCN(CCN)[C@@H](C)c1cccc(OC)c1. The van der Waals surface area contributed by atoms with Crippen LogP contribution in [0.3, 0.4) is 0 Å². The smallest absolute Gasteiger partial charge is 0.119 e. The van der Waals surface area contributed by atoms with Crippen LogP contribution in [0.5, 0.6) is 5.75 Å². The molecule has 0 aliphatic carbocycles. The minimum atomic E-state index is 0.378. The van der Waals surface area contributed by atoms with Crippen molar-refractivity contribution >= 4 is 0 Å². The highest BCUT2D eigenvalue weighted by Gasteiger charge is 2.13. The lowest BCUT2D eigenvalue weighted by molar-refractivity contribution is 0.228. The van der Waals surface area contributed by atoms with Gasteiger partial charge in [-0.2, -0.15) is 0 Å². The van der Waals surface area contributed by atoms with Crippen LogP contribution < -0.4 is 10.5 Å². The van der Waals surface area contributed by atoms with Crippen LogP contribution in [-0.2, 0) is 0 Å². The summed E-state index contributed by atoms with van der Waals surface area (Å²) in [5, 5.41) is 0. The second kappa shape index (κ2) is 6.51. The molecular weight excluding hydrogens is 200 g/mol. The van der Waals surface area contributed by atoms with Gasteiger partial charge in [0.15, 0.2) is 0 Å². The van der Waals surface area contributed by atoms with Crippen molar-refractivity contribution in [2.45, 2.75) is 19.9 Å². The third kappa shape index (κ3) is 3.22. The monoisotopic (exact) mass is 222 g/mol. The summed E-state index contributed by atoms with van der Waals surface area (Å²) < 4.78 is 5.24. The third-order valence-corrected chi connectivity index (χ3v) is 2.95. The average molecular weight is 222 g/mol. The minimum absolute atomic E-state index is 0.378. The quantitative estimate of drug-likeness (QED) is 0.800. The molecule has 2 N–H and O–H groups in total. The van der Waals surface area contributed by atoms with E-state index in [-0.39, 0.29) is 0 Å². The molecule has 0 aromatic heterocycles. The van der Waals surface area contributed by atoms with Crippen LogP contribution in [0.2, 0.25) is 0 Å². The van der Waals surface area contributed by atoms with Gasteiger partial charge in [0.2, 0.25) is 0 Å². The summed E-state index contributed by atoms with van der Waals surface area (Å²) in [6.07, 6.45) is 0. The van der Waals surface area contributed by atoms with E-state index < -0.39 is 0 Å². The highest BCUT2D eigenvalue weighted by molar-refractivity contribution is 5.30. The molecule has 0 bridgehead atoms. The van der Waals surface area contributed by atoms with Crippen LogP contribution in [0.15, 0.2) is 24.3 Å². The van der Waals surface area contributed by atoms with Gasteiger partial charge in [-0.1, -0.05) is 19.1 Å². The Bertz CT molecular complexity index is 315. The molecule has 0 heterocycles. The number of ether oxygens (including phenoxy) is 1. The van der Waals surface area contributed by atoms with E-state index in [4.69, 9.17) is 10.5 Å². The summed E-state index contributed by atoms with van der Waals surface area (Å²) in [5.74, 6) is 0.910. The summed E-state index contributed by atoms with van der Waals surface area (Å²) in [4.78, 5) is 2.36. The van der Waals surface area contributed by atoms with Crippen LogP contribution in [0.4, 0.5) is 0 Å². The molecule has 0 aliphatic rings. The fourth-order valence-electron chi connectivity index (χ4n) is 1.90. The van der Waals surface area contributed by atoms with Crippen molar-refractivity contribution in [3.8, 4) is 5.75 Å². The highest BCUT2D eigenvalue weighted by atomic mass is 16.5. The van der Waals surface area contributed by atoms with Crippen molar-refractivity contribution in [1.29, 1.82) is 0 Å². The molecule has 0 saturated carbocycles. The summed E-state index contributed by atoms with van der Waals surface area (Å²) in [6, 6.07) is 8.59. The second-order valence-electron chi connectivity index (χ2n) is 3.87. The Morgan fingerprint density at radius 2 is 2.19 bits per heavy atom. The first-order valence-electron chi connectivity index (χ1n) is 5.81. The number of methoxy groups -OCH3 is 1. The Morgan fingerprint density at radius 3 is 2.75 bits per heavy atom. The van der Waals surface area contributed by atoms with Gasteiger partial charge in [-0.3, -0.25) is 4.90 Å². The Morgan fingerprint density at radius 1 is 1.44 bits per heavy atom. The zero-order valence-corrected chi connectivity index (χ0v) is 10.4. The molecule has 1 aromatic rings. The van der Waals surface area contributed by atoms with Crippen molar-refractivity contribution in [2.24, 2.45) is 5.73 Å². The Hall–Kier alpha value is -1.06. The molecule has 1 aromatic carbocycles. The van der Waals surface area contributed by atoms with Gasteiger partial charge in [0.25, 0.3) is 0 Å². The van der Waals surface area contributed by atoms with E-state index in [0.717, 1.165) is 18.8 Å². The van der Waals surface area contributed by atoms with E-state index in [1.165, 1.54) is 5.56 Å². The maximum absolute atomic E-state index is 5.61. The van der Waals surface area contributed by atoms with Crippen molar-refractivity contribution in [2.75, 3.05) is 26.7 Å². The highest BCUT2D eigenvalue weighted by Crippen LogP contribution is 2.23. The zero-order chi connectivity index (χ0) is 12.0. The Kier molecular flexibility index (Phi) is 5.29. The van der Waals surface area contributed by atoms with Gasteiger partial charge in [-0.05, 0) is 31.2 Å². The lowest BCUT2D eigenvalue weighted by Crippen LogP contribution is -2.31. The molecule has 90 valence electrons. The predicted octanol–water partition coefficient (Wildman–Crippen LogP) is 2.04. The molecule has 0 unspecified atom stereocenters. The third-order valence-electron chi connectivity index (χ3n) is 2.95. The number of benzene rings is 1. The van der Waals surface area contributed by atoms with E-state index >= 15 is 0 Å². The molecule has 1 rings (SSSR count). The minimum Gasteiger partial charge on any atom is -0.497 e. The molecule has 3 heteroatoms. The molecule has 0 spiro atoms. The van der Waals surface area contributed by atoms with E-state index in [0.29, 0.717) is 12.6 Å². The fraction of sp³-hybridized carbons (Fsp3) is 0.538. The summed E-state index contributed by atoms with van der Waals surface area (Å²) in [6.45, 7) is 6.99. The molecule has 1 atom stereocenters. The number of hydrogen-bond acceptors (Lipinski definition) is 3. The van der Waals surface area contributed by atoms with Crippen molar-refractivity contribution in [3.05, 3.63) is 29.8 Å². The average Bonchev–Trinajstić information content (AvgIpc) is 2.35. The lowest BCUT2D eigenvalue weighted by atomic mass is 10.1. The number of rotatable bonds is 6. The van der Waals surface area contributed by atoms with E-state index in [1.54, 1.807) is 7.11 Å². The molecule has 16 heavy (non-hydrogen) atoms. The van der Waals surface area contributed by atoms with Crippen LogP contribution in [0.1, 0.15) is 25.5 Å².